The molecule has 2 aromatic carbocycles. The van der Waals surface area contributed by atoms with E-state index in [0.29, 0.717) is 16.0 Å². The molecule has 4 N–H and O–H groups in total. The van der Waals surface area contributed by atoms with Gasteiger partial charge in [0.25, 0.3) is 5.91 Å². The summed E-state index contributed by atoms with van der Waals surface area (Å²) < 4.78 is 69.2. The van der Waals surface area contributed by atoms with Crippen molar-refractivity contribution in [2.75, 3.05) is 6.54 Å². The number of aliphatic hydroxyl groups is 3. The molecule has 3 aromatic rings. The average Bonchev–Trinajstić information content (AvgIpc) is 3.02. The molecule has 2 aliphatic heterocycles. The predicted octanol–water partition coefficient (Wildman–Crippen LogP) is 0.752. The number of aromatic nitrogens is 2. The van der Waals surface area contributed by atoms with E-state index < -0.39 is 97.7 Å². The monoisotopic (exact) mass is 572 g/mol. The van der Waals surface area contributed by atoms with Crippen LogP contribution in [0.2, 0.25) is 0 Å². The van der Waals surface area contributed by atoms with E-state index in [1.165, 1.54) is 0 Å². The Bertz CT molecular complexity index is 1670. The summed E-state index contributed by atoms with van der Waals surface area (Å²) in [5.74, 6) is -5.01. The molecule has 0 aliphatic carbocycles. The van der Waals surface area contributed by atoms with Gasteiger partial charge in [-0.1, -0.05) is 60.7 Å². The van der Waals surface area contributed by atoms with Crippen molar-refractivity contribution in [2.24, 2.45) is 0 Å². The highest BCUT2D eigenvalue weighted by atomic mass is 16.7. The van der Waals surface area contributed by atoms with E-state index in [-0.39, 0.29) is 0 Å². The van der Waals surface area contributed by atoms with Crippen molar-refractivity contribution in [3.05, 3.63) is 93.9 Å². The van der Waals surface area contributed by atoms with Gasteiger partial charge in [-0.05, 0) is 24.8 Å². The van der Waals surface area contributed by atoms with Crippen LogP contribution in [0.1, 0.15) is 56.9 Å². The lowest BCUT2D eigenvalue weighted by molar-refractivity contribution is -0.271. The number of rotatable bonds is 7. The Labute approximate surface area is 244 Å². The summed E-state index contributed by atoms with van der Waals surface area (Å²) >= 11 is 0. The number of carbonyl (C=O) groups excluding carboxylic acids is 1. The van der Waals surface area contributed by atoms with Crippen LogP contribution in [-0.4, -0.2) is 90.3 Å². The highest BCUT2D eigenvalue weighted by Crippen LogP contribution is 2.40. The van der Waals surface area contributed by atoms with Gasteiger partial charge in [-0.15, -0.1) is 0 Å². The number of hydrogen-bond acceptors (Lipinski definition) is 9. The largest absolute Gasteiger partial charge is 0.479 e. The minimum absolute atomic E-state index is 0.316. The molecule has 2 aliphatic rings. The van der Waals surface area contributed by atoms with Crippen LogP contribution in [0.15, 0.2) is 71.7 Å². The molecule has 0 spiro atoms. The second-order valence-corrected chi connectivity index (χ2v) is 9.61. The standard InChI is InChI=1S/C29H31N3O9/c1-15(2)31-14-18(20(16-9-5-3-6-10-16)17-11-7-4-8-12-17)32-21(27(31)37)25(19(33)13-30-32)40-29-24(36)22(34)23(35)26(41-29)28(38)39/h3-13,15,18,20,22-24,26,29,34-36H,14H2,1-2H3,(H,38,39)/i1D3,2D3,15D. The van der Waals surface area contributed by atoms with Gasteiger partial charge in [-0.3, -0.25) is 14.3 Å². The van der Waals surface area contributed by atoms with Gasteiger partial charge in [0.2, 0.25) is 17.5 Å². The molecule has 216 valence electrons. The van der Waals surface area contributed by atoms with E-state index in [2.05, 4.69) is 5.10 Å². The molecular formula is C29H31N3O9. The maximum atomic E-state index is 14.3. The van der Waals surface area contributed by atoms with Crippen molar-refractivity contribution in [3.63, 3.8) is 0 Å². The molecule has 5 rings (SSSR count). The highest BCUT2D eigenvalue weighted by Gasteiger charge is 2.49. The maximum Gasteiger partial charge on any atom is 0.335 e. The maximum absolute atomic E-state index is 14.3. The molecule has 0 saturated carbocycles. The van der Waals surface area contributed by atoms with Gasteiger partial charge in [-0.2, -0.15) is 5.10 Å². The lowest BCUT2D eigenvalue weighted by atomic mass is 9.83. The zero-order valence-electron chi connectivity index (χ0n) is 28.3. The minimum atomic E-state index is -3.63. The molecule has 0 radical (unpaired) electrons. The van der Waals surface area contributed by atoms with Gasteiger partial charge >= 0.3 is 5.97 Å². The van der Waals surface area contributed by atoms with Crippen LogP contribution < -0.4 is 10.2 Å². The third-order valence-corrected chi connectivity index (χ3v) is 7.12. The number of aliphatic hydroxyl groups excluding tert-OH is 3. The van der Waals surface area contributed by atoms with Crippen LogP contribution in [0.5, 0.6) is 5.75 Å². The fourth-order valence-electron chi connectivity index (χ4n) is 5.15. The number of carboxylic acids is 1. The number of fused-ring (bicyclic) bond motifs is 1. The van der Waals surface area contributed by atoms with Gasteiger partial charge in [0.15, 0.2) is 11.8 Å². The van der Waals surface area contributed by atoms with Crippen molar-refractivity contribution in [2.45, 2.75) is 62.4 Å². The van der Waals surface area contributed by atoms with Gasteiger partial charge < -0.3 is 34.8 Å². The molecule has 1 saturated heterocycles. The molecule has 12 heteroatoms. The molecule has 1 aromatic heterocycles. The predicted molar refractivity (Wildman–Crippen MR) is 143 cm³/mol. The topological polar surface area (TPSA) is 172 Å². The van der Waals surface area contributed by atoms with Gasteiger partial charge in [0.05, 0.1) is 13.6 Å². The summed E-state index contributed by atoms with van der Waals surface area (Å²) in [7, 11) is 0. The van der Waals surface area contributed by atoms with Crippen molar-refractivity contribution in [3.8, 4) is 5.75 Å². The Hall–Kier alpha value is -4.10. The van der Waals surface area contributed by atoms with Crippen molar-refractivity contribution < 1.29 is 49.1 Å². The first-order chi connectivity index (χ1) is 22.4. The van der Waals surface area contributed by atoms with Gasteiger partial charge in [0.1, 0.15) is 18.3 Å². The number of ether oxygens (including phenoxy) is 2. The van der Waals surface area contributed by atoms with Crippen LogP contribution in [0.4, 0.5) is 0 Å². The second kappa shape index (κ2) is 11.4. The van der Waals surface area contributed by atoms with Crippen LogP contribution in [0.3, 0.4) is 0 Å². The molecular weight excluding hydrogens is 534 g/mol. The third-order valence-electron chi connectivity index (χ3n) is 7.12. The summed E-state index contributed by atoms with van der Waals surface area (Å²) in [6, 6.07) is 12.5. The first-order valence-corrected chi connectivity index (χ1v) is 12.5. The summed E-state index contributed by atoms with van der Waals surface area (Å²) in [4.78, 5) is 39.7. The van der Waals surface area contributed by atoms with E-state index in [4.69, 9.17) is 19.1 Å². The molecule has 1 amide bonds. The molecule has 6 unspecified atom stereocenters. The Morgan fingerprint density at radius 2 is 1.63 bits per heavy atom. The summed E-state index contributed by atoms with van der Waals surface area (Å²) in [5, 5.41) is 44.7. The van der Waals surface area contributed by atoms with E-state index in [1.807, 2.05) is 0 Å². The number of carboxylic acid groups (broad SMARTS) is 1. The van der Waals surface area contributed by atoms with E-state index in [0.717, 1.165) is 10.9 Å². The van der Waals surface area contributed by atoms with Crippen LogP contribution in [0, 0.1) is 0 Å². The third kappa shape index (κ3) is 5.22. The highest BCUT2D eigenvalue weighted by molar-refractivity contribution is 5.96. The average molecular weight is 573 g/mol. The van der Waals surface area contributed by atoms with E-state index in [1.54, 1.807) is 60.7 Å². The zero-order chi connectivity index (χ0) is 35.3. The van der Waals surface area contributed by atoms with Crippen LogP contribution in [0.25, 0.3) is 0 Å². The Morgan fingerprint density at radius 3 is 2.20 bits per heavy atom. The Morgan fingerprint density at radius 1 is 1.02 bits per heavy atom. The van der Waals surface area contributed by atoms with Gasteiger partial charge in [-0.25, -0.2) is 4.79 Å². The van der Waals surface area contributed by atoms with E-state index in [9.17, 15) is 34.8 Å². The van der Waals surface area contributed by atoms with Gasteiger partial charge in [0, 0.05) is 26.7 Å². The van der Waals surface area contributed by atoms with Crippen molar-refractivity contribution in [1.29, 1.82) is 0 Å². The zero-order valence-corrected chi connectivity index (χ0v) is 21.3. The SMILES string of the molecule is [2H]C([2H])([2H])C([2H])(N1CC(C(c2ccccc2)c2ccccc2)n2ncc(=O)c(OC3OC(C(=O)O)C(O)C(O)C3O)c2C1=O)C([2H])([2H])[2H]. The fourth-order valence-corrected chi connectivity index (χ4v) is 5.15. The van der Waals surface area contributed by atoms with E-state index >= 15 is 0 Å². The summed E-state index contributed by atoms with van der Waals surface area (Å²) in [6.45, 7) is -7.96. The first kappa shape index (κ1) is 20.7. The Kier molecular flexibility index (Phi) is 5.77. The minimum Gasteiger partial charge on any atom is -0.479 e. The Balaban J connectivity index is 1.77. The first-order valence-electron chi connectivity index (χ1n) is 16.0. The van der Waals surface area contributed by atoms with Crippen molar-refractivity contribution >= 4 is 11.9 Å². The molecule has 6 atom stereocenters. The number of hydrogen-bond donors (Lipinski definition) is 4. The lowest BCUT2D eigenvalue weighted by Crippen LogP contribution is -2.61. The number of amides is 1. The lowest BCUT2D eigenvalue weighted by Gasteiger charge is -2.42. The van der Waals surface area contributed by atoms with Crippen molar-refractivity contribution in [1.82, 2.24) is 14.7 Å². The van der Waals surface area contributed by atoms with Crippen LogP contribution >= 0.6 is 0 Å². The molecule has 1 fully saturated rings. The molecule has 41 heavy (non-hydrogen) atoms. The number of aliphatic carboxylic acids is 1. The van der Waals surface area contributed by atoms with Crippen LogP contribution in [-0.2, 0) is 9.53 Å². The number of carbonyl (C=O) groups is 2. The molecule has 12 nitrogen and oxygen atoms in total. The normalized spacial score (nSPS) is 29.6. The smallest absolute Gasteiger partial charge is 0.335 e. The number of benzene rings is 2. The molecule has 3 heterocycles. The molecule has 0 bridgehead atoms. The quantitative estimate of drug-likeness (QED) is 0.317. The number of nitrogens with zero attached hydrogens (tertiary/aromatic N) is 3. The fraction of sp³-hybridized carbons (Fsp3) is 0.379. The summed E-state index contributed by atoms with van der Waals surface area (Å²) in [6.07, 6.45) is -10.0. The summed E-state index contributed by atoms with van der Waals surface area (Å²) in [5.41, 5.74) is -0.790. The second-order valence-electron chi connectivity index (χ2n) is 9.61.